The van der Waals surface area contributed by atoms with Gasteiger partial charge in [-0.1, -0.05) is 42.1 Å². The molecule has 1 amide bonds. The molecule has 0 saturated heterocycles. The molecule has 162 valence electrons. The second-order valence-electron chi connectivity index (χ2n) is 6.41. The second kappa shape index (κ2) is 9.35. The van der Waals surface area contributed by atoms with Crippen molar-refractivity contribution in [2.45, 2.75) is 5.22 Å². The van der Waals surface area contributed by atoms with E-state index < -0.39 is 17.2 Å². The summed E-state index contributed by atoms with van der Waals surface area (Å²) >= 11 is 1.03. The van der Waals surface area contributed by atoms with Crippen molar-refractivity contribution >= 4 is 23.5 Å². The minimum absolute atomic E-state index is 0.00403. The minimum Gasteiger partial charge on any atom is -0.495 e. The molecule has 11 heteroatoms. The molecule has 2 aromatic heterocycles. The number of nitrogens with one attached hydrogen (secondary N) is 2. The molecule has 0 aliphatic carbocycles. The van der Waals surface area contributed by atoms with Crippen molar-refractivity contribution in [1.29, 1.82) is 0 Å². The van der Waals surface area contributed by atoms with Gasteiger partial charge in [0.15, 0.2) is 0 Å². The zero-order valence-corrected chi connectivity index (χ0v) is 17.6. The van der Waals surface area contributed by atoms with Crippen molar-refractivity contribution < 1.29 is 13.9 Å². The number of carbonyl (C=O) groups excluding carboxylic acids is 1. The molecular weight excluding hydrogens is 434 g/mol. The maximum Gasteiger partial charge on any atom is 0.334 e. The Morgan fingerprint density at radius 1 is 1.12 bits per heavy atom. The number of benzene rings is 2. The third-order valence-corrected chi connectivity index (χ3v) is 5.11. The standard InChI is InChI=1S/C21H17N5O5S/c1-30-15-10-6-5-9-14(15)26-16(11-17(27)23-20(26)29)22-18(28)12-32-21-25-24-19(31-21)13-7-3-2-4-8-13/h2-11H,12H2,1H3,(H,22,28)(H,23,27,29). The molecule has 0 fully saturated rings. The van der Waals surface area contributed by atoms with Gasteiger partial charge in [0, 0.05) is 11.6 Å². The third kappa shape index (κ3) is 4.62. The van der Waals surface area contributed by atoms with Crippen LogP contribution in [0.3, 0.4) is 0 Å². The summed E-state index contributed by atoms with van der Waals surface area (Å²) in [4.78, 5) is 39.1. The predicted molar refractivity (Wildman–Crippen MR) is 118 cm³/mol. The summed E-state index contributed by atoms with van der Waals surface area (Å²) in [5, 5.41) is 10.7. The van der Waals surface area contributed by atoms with Gasteiger partial charge in [-0.3, -0.25) is 14.6 Å². The summed E-state index contributed by atoms with van der Waals surface area (Å²) in [6.45, 7) is 0. The monoisotopic (exact) mass is 451 g/mol. The van der Waals surface area contributed by atoms with Crippen molar-refractivity contribution in [2.24, 2.45) is 0 Å². The number of aromatic amines is 1. The van der Waals surface area contributed by atoms with Gasteiger partial charge in [-0.25, -0.2) is 9.36 Å². The van der Waals surface area contributed by atoms with Crippen LogP contribution in [-0.2, 0) is 4.79 Å². The number of hydrogen-bond acceptors (Lipinski definition) is 8. The maximum atomic E-state index is 12.5. The van der Waals surface area contributed by atoms with E-state index in [4.69, 9.17) is 9.15 Å². The first-order valence-electron chi connectivity index (χ1n) is 9.36. The molecule has 2 N–H and O–H groups in total. The van der Waals surface area contributed by atoms with Crippen LogP contribution in [0.5, 0.6) is 5.75 Å². The molecule has 2 aromatic carbocycles. The number of aromatic nitrogens is 4. The van der Waals surface area contributed by atoms with E-state index in [1.807, 2.05) is 30.3 Å². The Morgan fingerprint density at radius 2 is 1.88 bits per heavy atom. The van der Waals surface area contributed by atoms with Crippen molar-refractivity contribution in [2.75, 3.05) is 18.2 Å². The number of nitrogens with zero attached hydrogens (tertiary/aromatic N) is 3. The Balaban J connectivity index is 1.52. The SMILES string of the molecule is COc1ccccc1-n1c(NC(=O)CSc2nnc(-c3ccccc3)o2)cc(=O)[nH]c1=O. The minimum atomic E-state index is -0.714. The van der Waals surface area contributed by atoms with Crippen LogP contribution < -0.4 is 21.3 Å². The summed E-state index contributed by atoms with van der Waals surface area (Å²) in [6, 6.07) is 17.1. The zero-order chi connectivity index (χ0) is 22.5. The highest BCUT2D eigenvalue weighted by molar-refractivity contribution is 7.99. The molecule has 0 aliphatic heterocycles. The van der Waals surface area contributed by atoms with E-state index in [-0.39, 0.29) is 16.8 Å². The van der Waals surface area contributed by atoms with Gasteiger partial charge in [0.1, 0.15) is 11.6 Å². The largest absolute Gasteiger partial charge is 0.495 e. The smallest absolute Gasteiger partial charge is 0.334 e. The van der Waals surface area contributed by atoms with Crippen molar-refractivity contribution in [3.8, 4) is 22.9 Å². The number of H-pyrrole nitrogens is 1. The van der Waals surface area contributed by atoms with Gasteiger partial charge < -0.3 is 14.5 Å². The summed E-state index contributed by atoms with van der Waals surface area (Å²) in [6.07, 6.45) is 0. The van der Waals surface area contributed by atoms with Gasteiger partial charge in [-0.2, -0.15) is 0 Å². The number of methoxy groups -OCH3 is 1. The molecule has 4 rings (SSSR count). The van der Waals surface area contributed by atoms with Crippen LogP contribution in [0.15, 0.2) is 79.9 Å². The summed E-state index contributed by atoms with van der Waals surface area (Å²) < 4.78 is 12.0. The van der Waals surface area contributed by atoms with Crippen LogP contribution in [0.25, 0.3) is 17.1 Å². The summed E-state index contributed by atoms with van der Waals surface area (Å²) in [5.41, 5.74) is -0.230. The lowest BCUT2D eigenvalue weighted by molar-refractivity contribution is -0.113. The number of thioether (sulfide) groups is 1. The second-order valence-corrected chi connectivity index (χ2v) is 7.33. The van der Waals surface area contributed by atoms with Gasteiger partial charge in [-0.15, -0.1) is 10.2 Å². The summed E-state index contributed by atoms with van der Waals surface area (Å²) in [5.74, 6) is 0.190. The summed E-state index contributed by atoms with van der Waals surface area (Å²) in [7, 11) is 1.46. The van der Waals surface area contributed by atoms with Crippen LogP contribution in [0.1, 0.15) is 0 Å². The zero-order valence-electron chi connectivity index (χ0n) is 16.8. The fourth-order valence-corrected chi connectivity index (χ4v) is 3.48. The van der Waals surface area contributed by atoms with E-state index in [0.29, 0.717) is 17.3 Å². The first kappa shape index (κ1) is 21.1. The molecule has 0 atom stereocenters. The van der Waals surface area contributed by atoms with Crippen molar-refractivity contribution in [3.63, 3.8) is 0 Å². The fourth-order valence-electron chi connectivity index (χ4n) is 2.91. The Kier molecular flexibility index (Phi) is 6.17. The average Bonchev–Trinajstić information content (AvgIpc) is 3.27. The molecule has 0 spiro atoms. The van der Waals surface area contributed by atoms with Crippen molar-refractivity contribution in [1.82, 2.24) is 19.7 Å². The molecule has 0 bridgehead atoms. The van der Waals surface area contributed by atoms with Crippen molar-refractivity contribution in [3.05, 3.63) is 81.5 Å². The first-order valence-corrected chi connectivity index (χ1v) is 10.3. The highest BCUT2D eigenvalue weighted by Crippen LogP contribution is 2.25. The Morgan fingerprint density at radius 3 is 2.66 bits per heavy atom. The van der Waals surface area contributed by atoms with E-state index in [1.165, 1.54) is 7.11 Å². The number of amides is 1. The number of para-hydroxylation sites is 2. The topological polar surface area (TPSA) is 132 Å². The molecule has 32 heavy (non-hydrogen) atoms. The van der Waals surface area contributed by atoms with Gasteiger partial charge in [0.2, 0.25) is 11.8 Å². The first-order chi connectivity index (χ1) is 15.5. The van der Waals surface area contributed by atoms with Gasteiger partial charge >= 0.3 is 5.69 Å². The molecule has 0 unspecified atom stereocenters. The van der Waals surface area contributed by atoms with Crippen LogP contribution in [0.2, 0.25) is 0 Å². The van der Waals surface area contributed by atoms with E-state index in [9.17, 15) is 14.4 Å². The number of carbonyl (C=O) groups is 1. The van der Waals surface area contributed by atoms with E-state index in [1.54, 1.807) is 24.3 Å². The number of anilines is 1. The maximum absolute atomic E-state index is 12.5. The fraction of sp³-hybridized carbons (Fsp3) is 0.0952. The third-order valence-electron chi connectivity index (χ3n) is 4.29. The highest BCUT2D eigenvalue weighted by atomic mass is 32.2. The Bertz CT molecular complexity index is 1360. The lowest BCUT2D eigenvalue weighted by Crippen LogP contribution is -2.32. The van der Waals surface area contributed by atoms with Crippen LogP contribution in [-0.4, -0.2) is 38.5 Å². The lowest BCUT2D eigenvalue weighted by Gasteiger charge is -2.15. The van der Waals surface area contributed by atoms with Gasteiger partial charge in [0.25, 0.3) is 10.8 Å². The molecule has 4 aromatic rings. The predicted octanol–water partition coefficient (Wildman–Crippen LogP) is 2.32. The van der Waals surface area contributed by atoms with E-state index >= 15 is 0 Å². The Labute approximate surface area is 185 Å². The lowest BCUT2D eigenvalue weighted by atomic mass is 10.2. The molecule has 2 heterocycles. The molecular formula is C21H17N5O5S. The van der Waals surface area contributed by atoms with E-state index in [2.05, 4.69) is 20.5 Å². The van der Waals surface area contributed by atoms with E-state index in [0.717, 1.165) is 28.0 Å². The quantitative estimate of drug-likeness (QED) is 0.409. The molecule has 0 aliphatic rings. The normalized spacial score (nSPS) is 10.7. The molecule has 10 nitrogen and oxygen atoms in total. The number of ether oxygens (including phenoxy) is 1. The van der Waals surface area contributed by atoms with Crippen LogP contribution in [0, 0.1) is 0 Å². The number of hydrogen-bond donors (Lipinski definition) is 2. The van der Waals surface area contributed by atoms with Crippen LogP contribution >= 0.6 is 11.8 Å². The van der Waals surface area contributed by atoms with Gasteiger partial charge in [0.05, 0.1) is 18.6 Å². The molecule has 0 radical (unpaired) electrons. The Hall–Kier alpha value is -4.12. The highest BCUT2D eigenvalue weighted by Gasteiger charge is 2.16. The van der Waals surface area contributed by atoms with Crippen LogP contribution in [0.4, 0.5) is 5.82 Å². The number of rotatable bonds is 7. The molecule has 0 saturated carbocycles. The van der Waals surface area contributed by atoms with Gasteiger partial charge in [-0.05, 0) is 24.3 Å². The average molecular weight is 451 g/mol.